The Balaban J connectivity index is 1.99. The summed E-state index contributed by atoms with van der Waals surface area (Å²) in [5.74, 6) is 0.929. The minimum atomic E-state index is -0.507. The molecule has 1 fully saturated rings. The average Bonchev–Trinajstić information content (AvgIpc) is 2.97. The van der Waals surface area contributed by atoms with Crippen LogP contribution in [0.3, 0.4) is 0 Å². The zero-order valence-corrected chi connectivity index (χ0v) is 16.6. The first-order valence-electron chi connectivity index (χ1n) is 9.25. The van der Waals surface area contributed by atoms with E-state index in [2.05, 4.69) is 10.3 Å². The third-order valence-electron chi connectivity index (χ3n) is 4.81. The van der Waals surface area contributed by atoms with Crippen molar-refractivity contribution in [3.05, 3.63) is 23.0 Å². The Morgan fingerprint density at radius 3 is 2.69 bits per heavy atom. The molecule has 1 N–H and O–H groups in total. The first-order valence-corrected chi connectivity index (χ1v) is 9.25. The molecule has 26 heavy (non-hydrogen) atoms. The molecule has 1 aliphatic heterocycles. The van der Waals surface area contributed by atoms with Crippen LogP contribution in [0.15, 0.2) is 6.07 Å². The van der Waals surface area contributed by atoms with E-state index in [9.17, 15) is 4.79 Å². The van der Waals surface area contributed by atoms with Crippen molar-refractivity contribution in [3.63, 3.8) is 0 Å². The van der Waals surface area contributed by atoms with Crippen LogP contribution in [0.1, 0.15) is 63.0 Å². The molecule has 1 aliphatic rings. The number of hydrogen-bond donors (Lipinski definition) is 1. The van der Waals surface area contributed by atoms with Crippen LogP contribution in [0.2, 0.25) is 0 Å². The summed E-state index contributed by atoms with van der Waals surface area (Å²) in [6.45, 7) is 10.4. The second-order valence-electron chi connectivity index (χ2n) is 7.95. The molecule has 1 atom stereocenters. The highest BCUT2D eigenvalue weighted by Crippen LogP contribution is 2.32. The summed E-state index contributed by atoms with van der Waals surface area (Å²) in [5, 5.41) is 8.00. The van der Waals surface area contributed by atoms with Crippen LogP contribution in [-0.2, 0) is 4.74 Å². The molecule has 2 aromatic rings. The third kappa shape index (κ3) is 3.48. The predicted molar refractivity (Wildman–Crippen MR) is 102 cm³/mol. The highest BCUT2D eigenvalue weighted by atomic mass is 16.6. The van der Waals surface area contributed by atoms with Gasteiger partial charge in [0.15, 0.2) is 5.65 Å². The number of amides is 1. The Labute approximate surface area is 154 Å². The number of carbonyl (C=O) groups excluding carboxylic acids is 1. The van der Waals surface area contributed by atoms with Crippen LogP contribution in [0.4, 0.5) is 10.6 Å². The summed E-state index contributed by atoms with van der Waals surface area (Å²) in [5.41, 5.74) is 3.20. The largest absolute Gasteiger partial charge is 0.444 e. The number of nitrogens with one attached hydrogen (secondary N) is 1. The van der Waals surface area contributed by atoms with Crippen LogP contribution >= 0.6 is 0 Å². The van der Waals surface area contributed by atoms with Gasteiger partial charge < -0.3 is 10.1 Å². The number of nitrogens with zero attached hydrogens (tertiary/aromatic N) is 4. The Hall–Kier alpha value is -2.31. The van der Waals surface area contributed by atoms with Crippen molar-refractivity contribution in [2.45, 2.75) is 65.5 Å². The van der Waals surface area contributed by atoms with Crippen molar-refractivity contribution in [2.75, 3.05) is 18.9 Å². The molecule has 7 heteroatoms. The van der Waals surface area contributed by atoms with Gasteiger partial charge in [0.2, 0.25) is 0 Å². The van der Waals surface area contributed by atoms with E-state index in [1.54, 1.807) is 0 Å². The number of aryl methyl sites for hydroxylation is 1. The van der Waals surface area contributed by atoms with Gasteiger partial charge in [0, 0.05) is 30.9 Å². The molecule has 0 aromatic carbocycles. The lowest BCUT2D eigenvalue weighted by Crippen LogP contribution is -2.42. The Morgan fingerprint density at radius 1 is 1.31 bits per heavy atom. The van der Waals surface area contributed by atoms with Crippen molar-refractivity contribution in [1.29, 1.82) is 0 Å². The smallest absolute Gasteiger partial charge is 0.410 e. The summed E-state index contributed by atoms with van der Waals surface area (Å²) in [7, 11) is 1.89. The molecule has 2 aromatic heterocycles. The van der Waals surface area contributed by atoms with E-state index < -0.39 is 5.60 Å². The minimum absolute atomic E-state index is 0.0781. The Morgan fingerprint density at radius 2 is 2.04 bits per heavy atom. The van der Waals surface area contributed by atoms with E-state index >= 15 is 0 Å². The van der Waals surface area contributed by atoms with Crippen molar-refractivity contribution in [1.82, 2.24) is 19.5 Å². The number of rotatable bonds is 2. The molecule has 142 valence electrons. The number of aromatic nitrogens is 3. The van der Waals surface area contributed by atoms with Gasteiger partial charge in [-0.15, -0.1) is 0 Å². The molecule has 0 saturated carbocycles. The fraction of sp³-hybridized carbons (Fsp3) is 0.632. The number of ether oxygens (including phenoxy) is 1. The zero-order valence-electron chi connectivity index (χ0n) is 16.6. The minimum Gasteiger partial charge on any atom is -0.444 e. The van der Waals surface area contributed by atoms with Gasteiger partial charge in [0.25, 0.3) is 0 Å². The molecule has 1 unspecified atom stereocenters. The number of fused-ring (bicyclic) bond motifs is 1. The van der Waals surface area contributed by atoms with E-state index in [4.69, 9.17) is 9.84 Å². The Bertz CT molecular complexity index is 821. The lowest BCUT2D eigenvalue weighted by atomic mass is 10.00. The molecule has 1 amide bonds. The molecule has 3 heterocycles. The van der Waals surface area contributed by atoms with E-state index in [1.165, 1.54) is 0 Å². The van der Waals surface area contributed by atoms with Crippen LogP contribution in [0.25, 0.3) is 5.65 Å². The fourth-order valence-corrected chi connectivity index (χ4v) is 3.45. The van der Waals surface area contributed by atoms with E-state index in [0.29, 0.717) is 6.54 Å². The van der Waals surface area contributed by atoms with Gasteiger partial charge in [0.1, 0.15) is 11.4 Å². The highest BCUT2D eigenvalue weighted by molar-refractivity contribution is 5.69. The fourth-order valence-electron chi connectivity index (χ4n) is 3.45. The van der Waals surface area contributed by atoms with Crippen molar-refractivity contribution >= 4 is 17.6 Å². The molecular weight excluding hydrogens is 330 g/mol. The van der Waals surface area contributed by atoms with Gasteiger partial charge in [-0.05, 0) is 53.9 Å². The first kappa shape index (κ1) is 18.5. The van der Waals surface area contributed by atoms with Gasteiger partial charge in [0.05, 0.1) is 11.7 Å². The molecule has 1 saturated heterocycles. The normalized spacial score (nSPS) is 18.2. The molecule has 0 bridgehead atoms. The van der Waals surface area contributed by atoms with E-state index in [0.717, 1.165) is 47.7 Å². The summed E-state index contributed by atoms with van der Waals surface area (Å²) in [6, 6.07) is 1.91. The number of piperidine rings is 1. The quantitative estimate of drug-likeness (QED) is 0.882. The van der Waals surface area contributed by atoms with Crippen LogP contribution in [0, 0.1) is 13.8 Å². The maximum Gasteiger partial charge on any atom is 0.410 e. The van der Waals surface area contributed by atoms with Gasteiger partial charge in [-0.3, -0.25) is 4.90 Å². The van der Waals surface area contributed by atoms with Gasteiger partial charge in [-0.2, -0.15) is 9.61 Å². The lowest BCUT2D eigenvalue weighted by molar-refractivity contribution is 0.00898. The molecule has 7 nitrogen and oxygen atoms in total. The SMILES string of the molecule is CNc1c(C)c(C)nc2cc(C3CCCCN3C(=O)OC(C)(C)C)nn12. The number of hydrogen-bond acceptors (Lipinski definition) is 5. The number of likely N-dealkylation sites (tertiary alicyclic amines) is 1. The van der Waals surface area contributed by atoms with Crippen LogP contribution in [0.5, 0.6) is 0 Å². The average molecular weight is 359 g/mol. The summed E-state index contributed by atoms with van der Waals surface area (Å²) in [4.78, 5) is 19.2. The third-order valence-corrected chi connectivity index (χ3v) is 4.81. The molecular formula is C19H29N5O2. The van der Waals surface area contributed by atoms with E-state index in [-0.39, 0.29) is 12.1 Å². The standard InChI is InChI=1S/C19H29N5O2/c1-12-13(2)21-16-11-14(22-24(16)17(12)20-6)15-9-7-8-10-23(15)18(25)26-19(3,4)5/h11,15,20H,7-10H2,1-6H3. The lowest BCUT2D eigenvalue weighted by Gasteiger charge is -2.35. The van der Waals surface area contributed by atoms with Crippen molar-refractivity contribution in [2.24, 2.45) is 0 Å². The number of anilines is 1. The van der Waals surface area contributed by atoms with Gasteiger partial charge >= 0.3 is 6.09 Å². The monoisotopic (exact) mass is 359 g/mol. The van der Waals surface area contributed by atoms with Crippen LogP contribution in [-0.4, -0.2) is 44.8 Å². The zero-order chi connectivity index (χ0) is 19.1. The summed E-state index contributed by atoms with van der Waals surface area (Å²) >= 11 is 0. The second-order valence-corrected chi connectivity index (χ2v) is 7.95. The summed E-state index contributed by atoms with van der Waals surface area (Å²) < 4.78 is 7.44. The maximum absolute atomic E-state index is 12.7. The van der Waals surface area contributed by atoms with Gasteiger partial charge in [-0.25, -0.2) is 9.78 Å². The van der Waals surface area contributed by atoms with Crippen molar-refractivity contribution in [3.8, 4) is 0 Å². The molecule has 0 aliphatic carbocycles. The van der Waals surface area contributed by atoms with E-state index in [1.807, 2.05) is 57.1 Å². The Kier molecular flexibility index (Phi) is 4.82. The molecule has 0 radical (unpaired) electrons. The topological polar surface area (TPSA) is 71.8 Å². The molecule has 0 spiro atoms. The van der Waals surface area contributed by atoms with Crippen LogP contribution < -0.4 is 5.32 Å². The number of carbonyl (C=O) groups is 1. The first-order chi connectivity index (χ1) is 12.2. The maximum atomic E-state index is 12.7. The molecule has 3 rings (SSSR count). The predicted octanol–water partition coefficient (Wildman–Crippen LogP) is 3.85. The highest BCUT2D eigenvalue weighted by Gasteiger charge is 2.33. The summed E-state index contributed by atoms with van der Waals surface area (Å²) in [6.07, 6.45) is 2.67. The van der Waals surface area contributed by atoms with Gasteiger partial charge in [-0.1, -0.05) is 0 Å². The second kappa shape index (κ2) is 6.78. The van der Waals surface area contributed by atoms with Crippen molar-refractivity contribution < 1.29 is 9.53 Å².